The van der Waals surface area contributed by atoms with Crippen LogP contribution in [0.4, 0.5) is 5.82 Å². The van der Waals surface area contributed by atoms with E-state index in [0.29, 0.717) is 13.1 Å². The molecule has 1 atom stereocenters. The van der Waals surface area contributed by atoms with Gasteiger partial charge in [-0.2, -0.15) is 9.40 Å². The molecule has 0 aliphatic carbocycles. The number of rotatable bonds is 6. The molecule has 2 aromatic rings. The van der Waals surface area contributed by atoms with E-state index < -0.39 is 21.8 Å². The fourth-order valence-corrected chi connectivity index (χ4v) is 5.31. The molecule has 3 N–H and O–H groups in total. The Morgan fingerprint density at radius 1 is 1.34 bits per heavy atom. The van der Waals surface area contributed by atoms with E-state index in [0.717, 1.165) is 12.8 Å². The zero-order chi connectivity index (χ0) is 21.2. The van der Waals surface area contributed by atoms with Crippen molar-refractivity contribution >= 4 is 39.3 Å². The Morgan fingerprint density at radius 2 is 2.10 bits per heavy atom. The standard InChI is InChI=1S/C18H22ClN5O4S/c1-12-3-2-7-24(10-12)29(27,28)15-9-13(4-5-14(15)19)18(26)21-17-6-8-23(22-17)11-16(20)25/h4-6,8-9,12H,2-3,7,10-11H2,1H3,(H2,20,25)(H,21,22,26). The summed E-state index contributed by atoms with van der Waals surface area (Å²) in [6.45, 7) is 2.74. The Balaban J connectivity index is 1.81. The molecule has 0 radical (unpaired) electrons. The summed E-state index contributed by atoms with van der Waals surface area (Å²) in [6, 6.07) is 5.61. The number of carbonyl (C=O) groups excluding carboxylic acids is 2. The van der Waals surface area contributed by atoms with Crippen molar-refractivity contribution in [3.8, 4) is 0 Å². The second kappa shape index (κ2) is 8.52. The van der Waals surface area contributed by atoms with Crippen LogP contribution in [0.3, 0.4) is 0 Å². The molecule has 0 spiro atoms. The van der Waals surface area contributed by atoms with Gasteiger partial charge in [-0.05, 0) is 37.0 Å². The third-order valence-electron chi connectivity index (χ3n) is 4.63. The Hall–Kier alpha value is -2.43. The maximum Gasteiger partial charge on any atom is 0.256 e. The van der Waals surface area contributed by atoms with Gasteiger partial charge in [0, 0.05) is 30.9 Å². The number of anilines is 1. The number of primary amides is 1. The van der Waals surface area contributed by atoms with Gasteiger partial charge in [-0.15, -0.1) is 0 Å². The van der Waals surface area contributed by atoms with Crippen molar-refractivity contribution in [2.45, 2.75) is 31.2 Å². The molecule has 156 valence electrons. The van der Waals surface area contributed by atoms with E-state index in [9.17, 15) is 18.0 Å². The number of nitrogens with one attached hydrogen (secondary N) is 1. The molecular formula is C18H22ClN5O4S. The van der Waals surface area contributed by atoms with Crippen molar-refractivity contribution in [2.24, 2.45) is 11.7 Å². The number of nitrogens with two attached hydrogens (primary N) is 1. The van der Waals surface area contributed by atoms with Gasteiger partial charge in [0.15, 0.2) is 5.82 Å². The lowest BCUT2D eigenvalue weighted by molar-refractivity contribution is -0.118. The van der Waals surface area contributed by atoms with Gasteiger partial charge in [0.25, 0.3) is 5.91 Å². The summed E-state index contributed by atoms with van der Waals surface area (Å²) < 4.78 is 28.8. The molecule has 2 heterocycles. The Labute approximate surface area is 173 Å². The van der Waals surface area contributed by atoms with Crippen molar-refractivity contribution in [2.75, 3.05) is 18.4 Å². The minimum absolute atomic E-state index is 0.0607. The lowest BCUT2D eigenvalue weighted by Gasteiger charge is -2.30. The smallest absolute Gasteiger partial charge is 0.256 e. The molecule has 1 aromatic carbocycles. The summed E-state index contributed by atoms with van der Waals surface area (Å²) in [5.74, 6) is -0.639. The van der Waals surface area contributed by atoms with E-state index in [1.807, 2.05) is 6.92 Å². The van der Waals surface area contributed by atoms with E-state index in [4.69, 9.17) is 17.3 Å². The van der Waals surface area contributed by atoms with E-state index in [1.54, 1.807) is 0 Å². The molecule has 1 unspecified atom stereocenters. The number of carbonyl (C=O) groups is 2. The number of hydrogen-bond acceptors (Lipinski definition) is 5. The van der Waals surface area contributed by atoms with Gasteiger partial charge in [0.2, 0.25) is 15.9 Å². The normalized spacial score (nSPS) is 17.8. The molecule has 1 fully saturated rings. The highest BCUT2D eigenvalue weighted by Crippen LogP contribution is 2.29. The van der Waals surface area contributed by atoms with Crippen molar-refractivity contribution in [1.82, 2.24) is 14.1 Å². The van der Waals surface area contributed by atoms with E-state index in [-0.39, 0.29) is 33.8 Å². The minimum atomic E-state index is -3.81. The van der Waals surface area contributed by atoms with E-state index in [2.05, 4.69) is 10.4 Å². The zero-order valence-electron chi connectivity index (χ0n) is 15.8. The average molecular weight is 440 g/mol. The molecule has 11 heteroatoms. The maximum absolute atomic E-state index is 13.0. The number of halogens is 1. The maximum atomic E-state index is 13.0. The lowest BCUT2D eigenvalue weighted by Crippen LogP contribution is -2.39. The number of piperidine rings is 1. The van der Waals surface area contributed by atoms with Crippen LogP contribution in [0, 0.1) is 5.92 Å². The molecular weight excluding hydrogens is 418 g/mol. The van der Waals surface area contributed by atoms with Crippen molar-refractivity contribution in [3.05, 3.63) is 41.0 Å². The predicted molar refractivity (Wildman–Crippen MR) is 108 cm³/mol. The molecule has 1 aromatic heterocycles. The summed E-state index contributed by atoms with van der Waals surface area (Å²) in [4.78, 5) is 23.4. The summed E-state index contributed by atoms with van der Waals surface area (Å²) in [5.41, 5.74) is 5.23. The van der Waals surface area contributed by atoms with E-state index in [1.165, 1.54) is 39.4 Å². The Bertz CT molecular complexity index is 1040. The fraction of sp³-hybridized carbons (Fsp3) is 0.389. The number of amides is 2. The second-order valence-corrected chi connectivity index (χ2v) is 9.39. The van der Waals surface area contributed by atoms with Crippen LogP contribution in [0.25, 0.3) is 0 Å². The number of sulfonamides is 1. The van der Waals surface area contributed by atoms with Crippen molar-refractivity contribution < 1.29 is 18.0 Å². The van der Waals surface area contributed by atoms with Crippen molar-refractivity contribution in [3.63, 3.8) is 0 Å². The molecule has 0 bridgehead atoms. The molecule has 29 heavy (non-hydrogen) atoms. The molecule has 0 saturated carbocycles. The highest BCUT2D eigenvalue weighted by Gasteiger charge is 2.31. The zero-order valence-corrected chi connectivity index (χ0v) is 17.4. The first kappa shape index (κ1) is 21.3. The van der Waals surface area contributed by atoms with Crippen LogP contribution in [0.15, 0.2) is 35.4 Å². The summed E-state index contributed by atoms with van der Waals surface area (Å²) >= 11 is 6.16. The monoisotopic (exact) mass is 439 g/mol. The molecule has 1 aliphatic rings. The van der Waals surface area contributed by atoms with Crippen LogP contribution in [-0.2, 0) is 21.4 Å². The first-order valence-corrected chi connectivity index (χ1v) is 10.9. The summed E-state index contributed by atoms with van der Waals surface area (Å²) in [6.07, 6.45) is 3.26. The number of benzene rings is 1. The van der Waals surface area contributed by atoms with Crippen LogP contribution in [0.1, 0.15) is 30.1 Å². The highest BCUT2D eigenvalue weighted by molar-refractivity contribution is 7.89. The predicted octanol–water partition coefficient (Wildman–Crippen LogP) is 1.69. The first-order chi connectivity index (χ1) is 13.7. The Kier molecular flexibility index (Phi) is 6.25. The largest absolute Gasteiger partial charge is 0.368 e. The SMILES string of the molecule is CC1CCCN(S(=O)(=O)c2cc(C(=O)Nc3ccn(CC(N)=O)n3)ccc2Cl)C1. The number of hydrogen-bond donors (Lipinski definition) is 2. The van der Waals surface area contributed by atoms with Crippen LogP contribution < -0.4 is 11.1 Å². The fourth-order valence-electron chi connectivity index (χ4n) is 3.21. The van der Waals surface area contributed by atoms with Crippen LogP contribution in [-0.4, -0.2) is 47.4 Å². The topological polar surface area (TPSA) is 127 Å². The number of nitrogens with zero attached hydrogens (tertiary/aromatic N) is 3. The van der Waals surface area contributed by atoms with Gasteiger partial charge < -0.3 is 11.1 Å². The van der Waals surface area contributed by atoms with Gasteiger partial charge in [0.05, 0.1) is 5.02 Å². The van der Waals surface area contributed by atoms with E-state index >= 15 is 0 Å². The highest BCUT2D eigenvalue weighted by atomic mass is 35.5. The van der Waals surface area contributed by atoms with Gasteiger partial charge in [0.1, 0.15) is 11.4 Å². The first-order valence-electron chi connectivity index (χ1n) is 9.09. The second-order valence-electron chi connectivity index (χ2n) is 7.07. The third-order valence-corrected chi connectivity index (χ3v) is 6.98. The van der Waals surface area contributed by atoms with Crippen LogP contribution in [0.2, 0.25) is 5.02 Å². The number of aromatic nitrogens is 2. The average Bonchev–Trinajstić information content (AvgIpc) is 3.07. The molecule has 9 nitrogen and oxygen atoms in total. The quantitative estimate of drug-likeness (QED) is 0.707. The van der Waals surface area contributed by atoms with Gasteiger partial charge in [-0.25, -0.2) is 8.42 Å². The van der Waals surface area contributed by atoms with Gasteiger partial charge in [-0.1, -0.05) is 18.5 Å². The summed E-state index contributed by atoms with van der Waals surface area (Å²) in [5, 5.41) is 6.64. The molecule has 2 amide bonds. The van der Waals surface area contributed by atoms with Crippen LogP contribution >= 0.6 is 11.6 Å². The Morgan fingerprint density at radius 3 is 2.79 bits per heavy atom. The molecule has 1 saturated heterocycles. The van der Waals surface area contributed by atoms with Crippen LogP contribution in [0.5, 0.6) is 0 Å². The van der Waals surface area contributed by atoms with Gasteiger partial charge in [-0.3, -0.25) is 14.3 Å². The molecule has 3 rings (SSSR count). The minimum Gasteiger partial charge on any atom is -0.368 e. The van der Waals surface area contributed by atoms with Gasteiger partial charge >= 0.3 is 0 Å². The summed E-state index contributed by atoms with van der Waals surface area (Å²) in [7, 11) is -3.81. The van der Waals surface area contributed by atoms with Crippen molar-refractivity contribution in [1.29, 1.82) is 0 Å². The lowest BCUT2D eigenvalue weighted by atomic mass is 10.0. The molecule has 1 aliphatic heterocycles. The third kappa shape index (κ3) is 4.95.